The van der Waals surface area contributed by atoms with Crippen LogP contribution in [0.4, 0.5) is 4.39 Å². The summed E-state index contributed by atoms with van der Waals surface area (Å²) < 4.78 is 19.2. The SMILES string of the molecule is Fc1cccc(Br)c1-c1cc(CBr)on1. The molecule has 2 aromatic rings. The summed E-state index contributed by atoms with van der Waals surface area (Å²) in [6.45, 7) is 0. The molecular formula is C10H6Br2FNO. The van der Waals surface area contributed by atoms with Crippen LogP contribution in [0.2, 0.25) is 0 Å². The Labute approximate surface area is 103 Å². The Hall–Kier alpha value is -0.680. The van der Waals surface area contributed by atoms with E-state index < -0.39 is 0 Å². The van der Waals surface area contributed by atoms with E-state index in [1.54, 1.807) is 18.2 Å². The predicted molar refractivity (Wildman–Crippen MR) is 62.2 cm³/mol. The van der Waals surface area contributed by atoms with E-state index in [4.69, 9.17) is 4.52 Å². The van der Waals surface area contributed by atoms with Crippen LogP contribution in [0.25, 0.3) is 11.3 Å². The van der Waals surface area contributed by atoms with Crippen LogP contribution in [-0.2, 0) is 5.33 Å². The molecule has 0 atom stereocenters. The molecule has 0 aliphatic heterocycles. The van der Waals surface area contributed by atoms with Crippen LogP contribution in [0.3, 0.4) is 0 Å². The molecule has 0 saturated heterocycles. The lowest BCUT2D eigenvalue weighted by Gasteiger charge is -2.00. The third kappa shape index (κ3) is 2.13. The van der Waals surface area contributed by atoms with Crippen molar-refractivity contribution in [2.24, 2.45) is 0 Å². The first-order valence-electron chi connectivity index (χ1n) is 4.18. The van der Waals surface area contributed by atoms with Crippen LogP contribution in [0.15, 0.2) is 33.3 Å². The zero-order valence-corrected chi connectivity index (χ0v) is 10.7. The van der Waals surface area contributed by atoms with Gasteiger partial charge in [-0.1, -0.05) is 27.2 Å². The number of rotatable bonds is 2. The zero-order chi connectivity index (χ0) is 10.8. The van der Waals surface area contributed by atoms with Crippen LogP contribution in [0.5, 0.6) is 0 Å². The van der Waals surface area contributed by atoms with Crippen molar-refractivity contribution >= 4 is 31.9 Å². The Kier molecular flexibility index (Phi) is 3.21. The molecule has 0 aliphatic carbocycles. The van der Waals surface area contributed by atoms with Gasteiger partial charge in [-0.3, -0.25) is 0 Å². The molecule has 1 aromatic heterocycles. The monoisotopic (exact) mass is 333 g/mol. The van der Waals surface area contributed by atoms with Crippen molar-refractivity contribution in [3.05, 3.63) is 40.3 Å². The number of benzene rings is 1. The summed E-state index contributed by atoms with van der Waals surface area (Å²) in [5, 5.41) is 4.37. The lowest BCUT2D eigenvalue weighted by atomic mass is 10.1. The van der Waals surface area contributed by atoms with Crippen molar-refractivity contribution in [2.75, 3.05) is 0 Å². The zero-order valence-electron chi connectivity index (χ0n) is 7.51. The maximum Gasteiger partial charge on any atom is 0.147 e. The van der Waals surface area contributed by atoms with Gasteiger partial charge in [0.2, 0.25) is 0 Å². The number of nitrogens with zero attached hydrogens (tertiary/aromatic N) is 1. The van der Waals surface area contributed by atoms with Gasteiger partial charge in [0, 0.05) is 10.5 Å². The van der Waals surface area contributed by atoms with Crippen molar-refractivity contribution < 1.29 is 8.91 Å². The van der Waals surface area contributed by atoms with Crippen molar-refractivity contribution in [2.45, 2.75) is 5.33 Å². The highest BCUT2D eigenvalue weighted by atomic mass is 79.9. The maximum absolute atomic E-state index is 13.5. The smallest absolute Gasteiger partial charge is 0.147 e. The molecule has 1 aromatic carbocycles. The molecule has 0 saturated carbocycles. The minimum atomic E-state index is -0.321. The van der Waals surface area contributed by atoms with Gasteiger partial charge < -0.3 is 4.52 Å². The van der Waals surface area contributed by atoms with Gasteiger partial charge in [-0.15, -0.1) is 0 Å². The molecule has 0 bridgehead atoms. The Morgan fingerprint density at radius 1 is 1.40 bits per heavy atom. The molecule has 0 N–H and O–H groups in total. The van der Waals surface area contributed by atoms with Crippen LogP contribution in [-0.4, -0.2) is 5.16 Å². The first kappa shape index (κ1) is 10.8. The Morgan fingerprint density at radius 3 is 2.80 bits per heavy atom. The van der Waals surface area contributed by atoms with E-state index in [0.717, 1.165) is 0 Å². The summed E-state index contributed by atoms with van der Waals surface area (Å²) >= 11 is 6.52. The van der Waals surface area contributed by atoms with Gasteiger partial charge >= 0.3 is 0 Å². The molecule has 0 fully saturated rings. The largest absolute Gasteiger partial charge is 0.360 e. The molecule has 2 rings (SSSR count). The topological polar surface area (TPSA) is 26.0 Å². The van der Waals surface area contributed by atoms with Crippen LogP contribution >= 0.6 is 31.9 Å². The van der Waals surface area contributed by atoms with Gasteiger partial charge in [-0.2, -0.15) is 0 Å². The summed E-state index contributed by atoms with van der Waals surface area (Å²) in [5.41, 5.74) is 0.919. The predicted octanol–water partition coefficient (Wildman–Crippen LogP) is 4.14. The lowest BCUT2D eigenvalue weighted by Crippen LogP contribution is -1.85. The highest BCUT2D eigenvalue weighted by Gasteiger charge is 2.13. The molecule has 2 nitrogen and oxygen atoms in total. The summed E-state index contributed by atoms with van der Waals surface area (Å²) in [6, 6.07) is 6.50. The summed E-state index contributed by atoms with van der Waals surface area (Å²) in [5.74, 6) is 0.346. The van der Waals surface area contributed by atoms with Gasteiger partial charge in [0.15, 0.2) is 0 Å². The quantitative estimate of drug-likeness (QED) is 0.771. The number of hydrogen-bond donors (Lipinski definition) is 0. The molecule has 0 radical (unpaired) electrons. The van der Waals surface area contributed by atoms with E-state index in [0.29, 0.717) is 26.8 Å². The number of halogens is 3. The summed E-state index contributed by atoms with van der Waals surface area (Å²) in [4.78, 5) is 0. The molecule has 5 heteroatoms. The fourth-order valence-electron chi connectivity index (χ4n) is 1.24. The molecule has 0 unspecified atom stereocenters. The molecule has 0 amide bonds. The fourth-order valence-corrected chi connectivity index (χ4v) is 2.05. The molecule has 1 heterocycles. The molecule has 0 aliphatic rings. The highest BCUT2D eigenvalue weighted by Crippen LogP contribution is 2.30. The third-order valence-corrected chi connectivity index (χ3v) is 3.12. The van der Waals surface area contributed by atoms with Crippen LogP contribution < -0.4 is 0 Å². The average molecular weight is 335 g/mol. The van der Waals surface area contributed by atoms with E-state index >= 15 is 0 Å². The molecule has 15 heavy (non-hydrogen) atoms. The molecular weight excluding hydrogens is 329 g/mol. The first-order valence-corrected chi connectivity index (χ1v) is 6.09. The second-order valence-electron chi connectivity index (χ2n) is 2.91. The second-order valence-corrected chi connectivity index (χ2v) is 4.32. The fraction of sp³-hybridized carbons (Fsp3) is 0.100. The Balaban J connectivity index is 2.53. The van der Waals surface area contributed by atoms with Gasteiger partial charge in [-0.05, 0) is 28.1 Å². The van der Waals surface area contributed by atoms with Crippen molar-refractivity contribution in [1.29, 1.82) is 0 Å². The highest BCUT2D eigenvalue weighted by molar-refractivity contribution is 9.10. The number of alkyl halides is 1. The minimum Gasteiger partial charge on any atom is -0.360 e. The van der Waals surface area contributed by atoms with Crippen LogP contribution in [0.1, 0.15) is 5.76 Å². The van der Waals surface area contributed by atoms with Crippen molar-refractivity contribution in [3.63, 3.8) is 0 Å². The maximum atomic E-state index is 13.5. The standard InChI is InChI=1S/C10H6Br2FNO/c11-5-6-4-9(14-15-6)10-7(12)2-1-3-8(10)13/h1-4H,5H2. The summed E-state index contributed by atoms with van der Waals surface area (Å²) in [6.07, 6.45) is 0. The Morgan fingerprint density at radius 2 is 2.20 bits per heavy atom. The average Bonchev–Trinajstić information content (AvgIpc) is 2.66. The molecule has 0 spiro atoms. The Bertz CT molecular complexity index is 464. The van der Waals surface area contributed by atoms with Gasteiger partial charge in [-0.25, -0.2) is 4.39 Å². The van der Waals surface area contributed by atoms with Crippen molar-refractivity contribution in [1.82, 2.24) is 5.16 Å². The van der Waals surface area contributed by atoms with Crippen LogP contribution in [0, 0.1) is 5.82 Å². The summed E-state index contributed by atoms with van der Waals surface area (Å²) in [7, 11) is 0. The number of aromatic nitrogens is 1. The van der Waals surface area contributed by atoms with Gasteiger partial charge in [0.05, 0.1) is 10.9 Å². The van der Waals surface area contributed by atoms with E-state index in [-0.39, 0.29) is 5.82 Å². The van der Waals surface area contributed by atoms with Gasteiger partial charge in [0.1, 0.15) is 17.3 Å². The first-order chi connectivity index (χ1) is 7.22. The second kappa shape index (κ2) is 4.45. The third-order valence-electron chi connectivity index (χ3n) is 1.91. The van der Waals surface area contributed by atoms with E-state index in [1.807, 2.05) is 0 Å². The van der Waals surface area contributed by atoms with E-state index in [9.17, 15) is 4.39 Å². The van der Waals surface area contributed by atoms with E-state index in [2.05, 4.69) is 37.0 Å². The van der Waals surface area contributed by atoms with Gasteiger partial charge in [0.25, 0.3) is 0 Å². The van der Waals surface area contributed by atoms with E-state index in [1.165, 1.54) is 6.07 Å². The normalized spacial score (nSPS) is 10.6. The van der Waals surface area contributed by atoms with Crippen molar-refractivity contribution in [3.8, 4) is 11.3 Å². The minimum absolute atomic E-state index is 0.321. The lowest BCUT2D eigenvalue weighted by molar-refractivity contribution is 0.397. The number of hydrogen-bond acceptors (Lipinski definition) is 2. The molecule has 78 valence electrons.